The zero-order valence-electron chi connectivity index (χ0n) is 11.0. The number of carbonyl (C=O) groups is 1. The Morgan fingerprint density at radius 1 is 1.58 bits per heavy atom. The molecule has 0 radical (unpaired) electrons. The van der Waals surface area contributed by atoms with E-state index in [-0.39, 0.29) is 24.4 Å². The van der Waals surface area contributed by atoms with Gasteiger partial charge in [0.05, 0.1) is 26.1 Å². The van der Waals surface area contributed by atoms with Crippen LogP contribution >= 0.6 is 0 Å². The van der Waals surface area contributed by atoms with E-state index in [2.05, 4.69) is 5.10 Å². The number of aromatic nitrogens is 2. The van der Waals surface area contributed by atoms with Crippen LogP contribution in [-0.4, -0.2) is 41.3 Å². The Hall–Kier alpha value is -2.36. The third-order valence-corrected chi connectivity index (χ3v) is 2.57. The molecule has 1 aromatic heterocycles. The van der Waals surface area contributed by atoms with Gasteiger partial charge in [-0.2, -0.15) is 5.26 Å². The van der Waals surface area contributed by atoms with Crippen molar-refractivity contribution in [2.75, 3.05) is 20.7 Å². The van der Waals surface area contributed by atoms with E-state index in [0.717, 1.165) is 0 Å². The number of methoxy groups -OCH3 is 1. The van der Waals surface area contributed by atoms with E-state index < -0.39 is 0 Å². The zero-order valence-corrected chi connectivity index (χ0v) is 11.0. The lowest BCUT2D eigenvalue weighted by Gasteiger charge is -2.15. The predicted molar refractivity (Wildman–Crippen MR) is 67.5 cm³/mol. The topological polar surface area (TPSA) is 88.2 Å². The molecule has 102 valence electrons. The number of nitriles is 1. The SMILES string of the molecule is COc1ccc(=O)n(CCC(=O)N(C)CCC#N)n1. The number of carbonyl (C=O) groups excluding carboxylic acids is 1. The van der Waals surface area contributed by atoms with Gasteiger partial charge >= 0.3 is 0 Å². The van der Waals surface area contributed by atoms with Crippen LogP contribution in [0.15, 0.2) is 16.9 Å². The number of amides is 1. The van der Waals surface area contributed by atoms with Crippen molar-refractivity contribution >= 4 is 5.91 Å². The molecule has 1 heterocycles. The Morgan fingerprint density at radius 3 is 2.95 bits per heavy atom. The average Bonchev–Trinajstić information content (AvgIpc) is 2.43. The fourth-order valence-corrected chi connectivity index (χ4v) is 1.43. The van der Waals surface area contributed by atoms with Crippen LogP contribution < -0.4 is 10.3 Å². The molecule has 0 aliphatic carbocycles. The third kappa shape index (κ3) is 4.43. The van der Waals surface area contributed by atoms with Gasteiger partial charge in [-0.15, -0.1) is 5.10 Å². The van der Waals surface area contributed by atoms with Crippen molar-refractivity contribution in [2.45, 2.75) is 19.4 Å². The lowest BCUT2D eigenvalue weighted by atomic mass is 10.3. The van der Waals surface area contributed by atoms with Gasteiger partial charge in [0.1, 0.15) is 0 Å². The number of ether oxygens (including phenoxy) is 1. The normalized spacial score (nSPS) is 9.74. The van der Waals surface area contributed by atoms with Crippen molar-refractivity contribution in [3.63, 3.8) is 0 Å². The molecule has 0 fully saturated rings. The molecule has 19 heavy (non-hydrogen) atoms. The summed E-state index contributed by atoms with van der Waals surface area (Å²) in [4.78, 5) is 24.7. The van der Waals surface area contributed by atoms with Crippen LogP contribution in [-0.2, 0) is 11.3 Å². The standard InChI is InChI=1S/C12H16N4O3/c1-15(8-3-7-13)11(17)6-9-16-12(18)5-4-10(14-16)19-2/h4-5H,3,6,8-9H2,1-2H3. The van der Waals surface area contributed by atoms with E-state index >= 15 is 0 Å². The Labute approximate surface area is 111 Å². The second kappa shape index (κ2) is 7.16. The molecular weight excluding hydrogens is 248 g/mol. The summed E-state index contributed by atoms with van der Waals surface area (Å²) >= 11 is 0. The molecule has 0 saturated heterocycles. The number of aryl methyl sites for hydroxylation is 1. The van der Waals surface area contributed by atoms with Gasteiger partial charge in [-0.1, -0.05) is 0 Å². The minimum Gasteiger partial charge on any atom is -0.480 e. The van der Waals surface area contributed by atoms with Crippen LogP contribution in [0.4, 0.5) is 0 Å². The molecule has 0 aliphatic rings. The first-order valence-corrected chi connectivity index (χ1v) is 5.81. The maximum atomic E-state index is 11.7. The van der Waals surface area contributed by atoms with Gasteiger partial charge in [-0.05, 0) is 0 Å². The molecule has 1 rings (SSSR count). The van der Waals surface area contributed by atoms with Gasteiger partial charge in [0, 0.05) is 32.1 Å². The molecule has 1 aromatic rings. The molecule has 1 amide bonds. The molecule has 0 atom stereocenters. The minimum absolute atomic E-state index is 0.133. The van der Waals surface area contributed by atoms with Crippen molar-refractivity contribution in [1.29, 1.82) is 5.26 Å². The highest BCUT2D eigenvalue weighted by Gasteiger charge is 2.09. The van der Waals surface area contributed by atoms with Crippen molar-refractivity contribution in [1.82, 2.24) is 14.7 Å². The van der Waals surface area contributed by atoms with Gasteiger partial charge in [0.25, 0.3) is 5.56 Å². The van der Waals surface area contributed by atoms with Crippen LogP contribution in [0.1, 0.15) is 12.8 Å². The van der Waals surface area contributed by atoms with Crippen molar-refractivity contribution in [2.24, 2.45) is 0 Å². The quantitative estimate of drug-likeness (QED) is 0.722. The smallest absolute Gasteiger partial charge is 0.266 e. The third-order valence-electron chi connectivity index (χ3n) is 2.57. The van der Waals surface area contributed by atoms with E-state index in [1.54, 1.807) is 7.05 Å². The summed E-state index contributed by atoms with van der Waals surface area (Å²) in [5.74, 6) is 0.191. The fraction of sp³-hybridized carbons (Fsp3) is 0.500. The molecular formula is C12H16N4O3. The molecule has 0 bridgehead atoms. The molecule has 0 spiro atoms. The second-order valence-electron chi connectivity index (χ2n) is 3.91. The van der Waals surface area contributed by atoms with E-state index in [1.807, 2.05) is 6.07 Å². The highest BCUT2D eigenvalue weighted by atomic mass is 16.5. The molecule has 0 N–H and O–H groups in total. The Balaban J connectivity index is 2.59. The van der Waals surface area contributed by atoms with Crippen LogP contribution in [0.25, 0.3) is 0 Å². The Bertz CT molecular complexity index is 533. The molecule has 0 aliphatic heterocycles. The first-order valence-electron chi connectivity index (χ1n) is 5.81. The summed E-state index contributed by atoms with van der Waals surface area (Å²) in [5.41, 5.74) is -0.284. The number of nitrogens with zero attached hydrogens (tertiary/aromatic N) is 4. The average molecular weight is 264 g/mol. The largest absolute Gasteiger partial charge is 0.480 e. The van der Waals surface area contributed by atoms with Gasteiger partial charge in [-0.3, -0.25) is 9.59 Å². The van der Waals surface area contributed by atoms with Crippen LogP contribution in [0.5, 0.6) is 5.88 Å². The predicted octanol–water partition coefficient (Wildman–Crippen LogP) is 0.0141. The maximum absolute atomic E-state index is 11.7. The monoisotopic (exact) mass is 264 g/mol. The Morgan fingerprint density at radius 2 is 2.32 bits per heavy atom. The van der Waals surface area contributed by atoms with E-state index in [9.17, 15) is 9.59 Å². The number of hydrogen-bond acceptors (Lipinski definition) is 5. The molecule has 7 nitrogen and oxygen atoms in total. The highest BCUT2D eigenvalue weighted by molar-refractivity contribution is 5.75. The number of rotatable bonds is 6. The van der Waals surface area contributed by atoms with E-state index in [1.165, 1.54) is 28.8 Å². The second-order valence-corrected chi connectivity index (χ2v) is 3.91. The van der Waals surface area contributed by atoms with Crippen molar-refractivity contribution in [3.05, 3.63) is 22.5 Å². The van der Waals surface area contributed by atoms with Crippen LogP contribution in [0.2, 0.25) is 0 Å². The first-order chi connectivity index (χ1) is 9.08. The first kappa shape index (κ1) is 14.7. The summed E-state index contributed by atoms with van der Waals surface area (Å²) in [6, 6.07) is 4.79. The fourth-order valence-electron chi connectivity index (χ4n) is 1.43. The van der Waals surface area contributed by atoms with E-state index in [0.29, 0.717) is 18.8 Å². The Kier molecular flexibility index (Phi) is 5.54. The highest BCUT2D eigenvalue weighted by Crippen LogP contribution is 2.00. The lowest BCUT2D eigenvalue weighted by molar-refractivity contribution is -0.130. The summed E-state index contributed by atoms with van der Waals surface area (Å²) in [6.07, 6.45) is 0.446. The van der Waals surface area contributed by atoms with Gasteiger partial charge in [0.15, 0.2) is 0 Å². The molecule has 0 saturated carbocycles. The zero-order chi connectivity index (χ0) is 14.3. The van der Waals surface area contributed by atoms with Gasteiger partial charge in [-0.25, -0.2) is 4.68 Å². The minimum atomic E-state index is -0.284. The van der Waals surface area contributed by atoms with Gasteiger partial charge < -0.3 is 9.64 Å². The summed E-state index contributed by atoms with van der Waals surface area (Å²) in [6.45, 7) is 0.571. The number of hydrogen-bond donors (Lipinski definition) is 0. The van der Waals surface area contributed by atoms with Crippen molar-refractivity contribution in [3.8, 4) is 11.9 Å². The molecule has 0 unspecified atom stereocenters. The van der Waals surface area contributed by atoms with Crippen molar-refractivity contribution < 1.29 is 9.53 Å². The lowest BCUT2D eigenvalue weighted by Crippen LogP contribution is -2.30. The maximum Gasteiger partial charge on any atom is 0.266 e. The summed E-state index contributed by atoms with van der Waals surface area (Å²) < 4.78 is 6.10. The summed E-state index contributed by atoms with van der Waals surface area (Å²) in [7, 11) is 3.08. The summed E-state index contributed by atoms with van der Waals surface area (Å²) in [5, 5.41) is 12.4. The van der Waals surface area contributed by atoms with Crippen LogP contribution in [0.3, 0.4) is 0 Å². The molecule has 0 aromatic carbocycles. The van der Waals surface area contributed by atoms with Crippen LogP contribution in [0, 0.1) is 11.3 Å². The van der Waals surface area contributed by atoms with E-state index in [4.69, 9.17) is 10.00 Å². The molecule has 7 heteroatoms. The van der Waals surface area contributed by atoms with Gasteiger partial charge in [0.2, 0.25) is 11.8 Å².